The zero-order valence-corrected chi connectivity index (χ0v) is 17.3. The van der Waals surface area contributed by atoms with Gasteiger partial charge in [0.1, 0.15) is 0 Å². The van der Waals surface area contributed by atoms with Crippen molar-refractivity contribution in [3.63, 3.8) is 0 Å². The van der Waals surface area contributed by atoms with E-state index >= 15 is 0 Å². The lowest BCUT2D eigenvalue weighted by Gasteiger charge is -2.31. The predicted molar refractivity (Wildman–Crippen MR) is 117 cm³/mol. The average molecular weight is 394 g/mol. The van der Waals surface area contributed by atoms with Crippen molar-refractivity contribution in [3.05, 3.63) is 77.9 Å². The van der Waals surface area contributed by atoms with E-state index in [4.69, 9.17) is 9.47 Å². The number of likely N-dealkylation sites (tertiary alicyclic amines) is 1. The van der Waals surface area contributed by atoms with E-state index in [0.29, 0.717) is 19.8 Å². The van der Waals surface area contributed by atoms with Crippen LogP contribution in [0, 0.1) is 5.92 Å². The van der Waals surface area contributed by atoms with Gasteiger partial charge in [0, 0.05) is 13.1 Å². The summed E-state index contributed by atoms with van der Waals surface area (Å²) in [5.74, 6) is -0.0530. The third-order valence-corrected chi connectivity index (χ3v) is 5.25. The third-order valence-electron chi connectivity index (χ3n) is 5.25. The lowest BCUT2D eigenvalue weighted by atomic mass is 9.98. The molecule has 1 fully saturated rings. The van der Waals surface area contributed by atoms with Crippen LogP contribution in [0.15, 0.2) is 66.7 Å². The molecular formula is C25H31NO3. The van der Waals surface area contributed by atoms with Crippen molar-refractivity contribution in [2.24, 2.45) is 5.92 Å². The summed E-state index contributed by atoms with van der Waals surface area (Å²) in [6.45, 7) is 6.17. The van der Waals surface area contributed by atoms with Crippen molar-refractivity contribution in [1.82, 2.24) is 4.90 Å². The molecule has 1 aliphatic rings. The second kappa shape index (κ2) is 11.5. The minimum atomic E-state index is -0.0589. The van der Waals surface area contributed by atoms with Crippen LogP contribution in [-0.4, -0.2) is 50.3 Å². The Hall–Kier alpha value is -2.43. The zero-order chi connectivity index (χ0) is 20.3. The van der Waals surface area contributed by atoms with E-state index in [2.05, 4.69) is 59.5 Å². The number of carbonyl (C=O) groups excluding carboxylic acids is 1. The van der Waals surface area contributed by atoms with Gasteiger partial charge in [-0.25, -0.2) is 0 Å². The number of ether oxygens (including phenoxy) is 2. The first-order valence-electron chi connectivity index (χ1n) is 10.6. The van der Waals surface area contributed by atoms with Crippen molar-refractivity contribution in [3.8, 4) is 0 Å². The van der Waals surface area contributed by atoms with Crippen LogP contribution in [0.3, 0.4) is 0 Å². The first kappa shape index (κ1) is 21.3. The molecule has 0 amide bonds. The summed E-state index contributed by atoms with van der Waals surface area (Å²) in [5, 5.41) is 0. The molecule has 1 aliphatic heterocycles. The SMILES string of the molecule is CCOC(=O)[C@@H]1CCCN(CCOCC=C(c2ccccc2)c2ccccc2)C1. The van der Waals surface area contributed by atoms with Gasteiger partial charge in [-0.05, 0) is 43.0 Å². The van der Waals surface area contributed by atoms with Gasteiger partial charge in [-0.2, -0.15) is 0 Å². The molecule has 0 aromatic heterocycles. The van der Waals surface area contributed by atoms with Gasteiger partial charge in [-0.3, -0.25) is 4.79 Å². The molecular weight excluding hydrogens is 362 g/mol. The molecule has 2 aromatic rings. The van der Waals surface area contributed by atoms with E-state index in [1.165, 1.54) is 16.7 Å². The van der Waals surface area contributed by atoms with Crippen molar-refractivity contribution in [1.29, 1.82) is 0 Å². The number of piperidine rings is 1. The van der Waals surface area contributed by atoms with E-state index in [0.717, 1.165) is 32.5 Å². The lowest BCUT2D eigenvalue weighted by molar-refractivity contribution is -0.150. The topological polar surface area (TPSA) is 38.8 Å². The van der Waals surface area contributed by atoms with Gasteiger partial charge >= 0.3 is 5.97 Å². The molecule has 0 unspecified atom stereocenters. The molecule has 29 heavy (non-hydrogen) atoms. The fourth-order valence-electron chi connectivity index (χ4n) is 3.77. The molecule has 3 rings (SSSR count). The first-order chi connectivity index (χ1) is 14.3. The normalized spacial score (nSPS) is 16.9. The van der Waals surface area contributed by atoms with Gasteiger partial charge in [0.15, 0.2) is 0 Å². The zero-order valence-electron chi connectivity index (χ0n) is 17.3. The molecule has 0 radical (unpaired) electrons. The summed E-state index contributed by atoms with van der Waals surface area (Å²) < 4.78 is 11.1. The van der Waals surface area contributed by atoms with Crippen LogP contribution in [-0.2, 0) is 14.3 Å². The number of carbonyl (C=O) groups is 1. The average Bonchev–Trinajstić information content (AvgIpc) is 2.78. The van der Waals surface area contributed by atoms with Gasteiger partial charge in [0.2, 0.25) is 0 Å². The Kier molecular flexibility index (Phi) is 8.47. The molecule has 4 nitrogen and oxygen atoms in total. The smallest absolute Gasteiger partial charge is 0.310 e. The fourth-order valence-corrected chi connectivity index (χ4v) is 3.77. The summed E-state index contributed by atoms with van der Waals surface area (Å²) >= 11 is 0. The minimum Gasteiger partial charge on any atom is -0.466 e. The Balaban J connectivity index is 1.51. The second-order valence-corrected chi connectivity index (χ2v) is 7.32. The van der Waals surface area contributed by atoms with Crippen molar-refractivity contribution < 1.29 is 14.3 Å². The Bertz CT molecular complexity index is 732. The molecule has 0 aliphatic carbocycles. The Labute approximate surface area is 174 Å². The molecule has 2 aromatic carbocycles. The standard InChI is InChI=1S/C25H31NO3/c1-2-29-25(27)23-14-9-16-26(20-23)17-19-28-18-15-24(21-10-5-3-6-11-21)22-12-7-4-8-13-22/h3-8,10-13,15,23H,2,9,14,16-20H2,1H3/t23-/m1/s1. The van der Waals surface area contributed by atoms with E-state index in [9.17, 15) is 4.79 Å². The molecule has 154 valence electrons. The summed E-state index contributed by atoms with van der Waals surface area (Å²) in [6.07, 6.45) is 4.12. The number of benzene rings is 2. The Morgan fingerprint density at radius 2 is 1.72 bits per heavy atom. The van der Waals surface area contributed by atoms with Crippen molar-refractivity contribution >= 4 is 11.5 Å². The highest BCUT2D eigenvalue weighted by molar-refractivity contribution is 5.79. The van der Waals surface area contributed by atoms with Gasteiger partial charge in [-0.1, -0.05) is 66.7 Å². The van der Waals surface area contributed by atoms with Crippen LogP contribution in [0.25, 0.3) is 5.57 Å². The summed E-state index contributed by atoms with van der Waals surface area (Å²) in [6, 6.07) is 20.8. The summed E-state index contributed by atoms with van der Waals surface area (Å²) in [4.78, 5) is 14.3. The van der Waals surface area contributed by atoms with Crippen LogP contribution in [0.4, 0.5) is 0 Å². The highest BCUT2D eigenvalue weighted by Crippen LogP contribution is 2.23. The Morgan fingerprint density at radius 1 is 1.07 bits per heavy atom. The minimum absolute atomic E-state index is 0.00589. The number of esters is 1. The van der Waals surface area contributed by atoms with E-state index < -0.39 is 0 Å². The number of rotatable bonds is 9. The number of hydrogen-bond acceptors (Lipinski definition) is 4. The maximum Gasteiger partial charge on any atom is 0.310 e. The van der Waals surface area contributed by atoms with Crippen LogP contribution in [0.5, 0.6) is 0 Å². The Morgan fingerprint density at radius 3 is 2.34 bits per heavy atom. The van der Waals surface area contributed by atoms with Crippen molar-refractivity contribution in [2.75, 3.05) is 39.5 Å². The lowest BCUT2D eigenvalue weighted by Crippen LogP contribution is -2.40. The number of hydrogen-bond donors (Lipinski definition) is 0. The molecule has 0 bridgehead atoms. The highest BCUT2D eigenvalue weighted by Gasteiger charge is 2.26. The van der Waals surface area contributed by atoms with E-state index in [-0.39, 0.29) is 11.9 Å². The van der Waals surface area contributed by atoms with Gasteiger partial charge in [-0.15, -0.1) is 0 Å². The van der Waals surface area contributed by atoms with Crippen molar-refractivity contribution in [2.45, 2.75) is 19.8 Å². The molecule has 1 atom stereocenters. The molecule has 0 saturated carbocycles. The van der Waals surface area contributed by atoms with Gasteiger partial charge in [0.25, 0.3) is 0 Å². The van der Waals surface area contributed by atoms with Gasteiger partial charge in [0.05, 0.1) is 25.7 Å². The second-order valence-electron chi connectivity index (χ2n) is 7.32. The fraction of sp³-hybridized carbons (Fsp3) is 0.400. The maximum atomic E-state index is 12.0. The molecule has 4 heteroatoms. The van der Waals surface area contributed by atoms with Gasteiger partial charge < -0.3 is 14.4 Å². The first-order valence-corrected chi connectivity index (χ1v) is 10.6. The summed E-state index contributed by atoms with van der Waals surface area (Å²) in [7, 11) is 0. The quantitative estimate of drug-likeness (QED) is 0.467. The third kappa shape index (κ3) is 6.55. The maximum absolute atomic E-state index is 12.0. The molecule has 1 saturated heterocycles. The van der Waals surface area contributed by atoms with Crippen LogP contribution >= 0.6 is 0 Å². The predicted octanol–water partition coefficient (Wildman–Crippen LogP) is 4.41. The summed E-state index contributed by atoms with van der Waals surface area (Å²) in [5.41, 5.74) is 3.57. The van der Waals surface area contributed by atoms with Crippen LogP contribution in [0.1, 0.15) is 30.9 Å². The largest absolute Gasteiger partial charge is 0.466 e. The number of nitrogens with zero attached hydrogens (tertiary/aromatic N) is 1. The van der Waals surface area contributed by atoms with Crippen LogP contribution < -0.4 is 0 Å². The molecule has 1 heterocycles. The molecule has 0 spiro atoms. The highest BCUT2D eigenvalue weighted by atomic mass is 16.5. The van der Waals surface area contributed by atoms with E-state index in [1.54, 1.807) is 0 Å². The van der Waals surface area contributed by atoms with E-state index in [1.807, 2.05) is 19.1 Å². The monoisotopic (exact) mass is 393 g/mol. The molecule has 0 N–H and O–H groups in total. The van der Waals surface area contributed by atoms with Crippen LogP contribution in [0.2, 0.25) is 0 Å².